The summed E-state index contributed by atoms with van der Waals surface area (Å²) in [7, 11) is 0. The van der Waals surface area contributed by atoms with Crippen LogP contribution in [0.4, 0.5) is 11.4 Å². The molecule has 0 saturated heterocycles. The largest absolute Gasteiger partial charge is 0.502 e. The van der Waals surface area contributed by atoms with Crippen LogP contribution in [-0.2, 0) is 0 Å². The lowest BCUT2D eigenvalue weighted by molar-refractivity contribution is -0.386. The van der Waals surface area contributed by atoms with Gasteiger partial charge in [-0.2, -0.15) is 0 Å². The number of rotatable bonds is 6. The molecule has 10 heteroatoms. The maximum Gasteiger partial charge on any atom is 0.314 e. The summed E-state index contributed by atoms with van der Waals surface area (Å²) in [6.45, 7) is 4.72. The normalized spacial score (nSPS) is 10.5. The first-order valence-corrected chi connectivity index (χ1v) is 8.99. The number of phenols is 2. The Hall–Kier alpha value is -4.34. The van der Waals surface area contributed by atoms with Gasteiger partial charge in [0.1, 0.15) is 23.0 Å². The summed E-state index contributed by atoms with van der Waals surface area (Å²) >= 11 is 0. The summed E-state index contributed by atoms with van der Waals surface area (Å²) in [6.07, 6.45) is 0. The van der Waals surface area contributed by atoms with Crippen LogP contribution in [0.2, 0.25) is 0 Å². The minimum atomic E-state index is -0.707. The van der Waals surface area contributed by atoms with Crippen LogP contribution < -0.4 is 9.47 Å². The molecule has 160 valence electrons. The molecule has 0 amide bonds. The van der Waals surface area contributed by atoms with Gasteiger partial charge in [-0.1, -0.05) is 6.07 Å². The molecule has 3 aromatic rings. The highest BCUT2D eigenvalue weighted by atomic mass is 16.6. The number of hydrogen-bond acceptors (Lipinski definition) is 8. The maximum atomic E-state index is 11.1. The smallest absolute Gasteiger partial charge is 0.314 e. The van der Waals surface area contributed by atoms with Gasteiger partial charge in [0.05, 0.1) is 22.0 Å². The molecule has 0 spiro atoms. The van der Waals surface area contributed by atoms with Gasteiger partial charge in [0.15, 0.2) is 11.5 Å². The number of nitro benzene ring substituents is 2. The van der Waals surface area contributed by atoms with Crippen molar-refractivity contribution in [2.24, 2.45) is 0 Å². The van der Waals surface area contributed by atoms with Gasteiger partial charge < -0.3 is 19.7 Å². The van der Waals surface area contributed by atoms with Gasteiger partial charge in [-0.3, -0.25) is 20.2 Å². The quantitative estimate of drug-likeness (QED) is 0.392. The van der Waals surface area contributed by atoms with Gasteiger partial charge in [0.25, 0.3) is 0 Å². The predicted octanol–water partition coefficient (Wildman–Crippen LogP) is 5.42. The fourth-order valence-electron chi connectivity index (χ4n) is 2.92. The Morgan fingerprint density at radius 3 is 1.48 bits per heavy atom. The number of aromatic hydroxyl groups is 2. The van der Waals surface area contributed by atoms with Crippen LogP contribution in [0.25, 0.3) is 0 Å². The Kier molecular flexibility index (Phi) is 5.64. The molecule has 3 aromatic carbocycles. The zero-order valence-corrected chi connectivity index (χ0v) is 16.8. The number of aryl methyl sites for hydroxylation is 2. The first kappa shape index (κ1) is 21.4. The van der Waals surface area contributed by atoms with E-state index in [1.54, 1.807) is 25.1 Å². The highest BCUT2D eigenvalue weighted by Crippen LogP contribution is 2.40. The molecule has 0 aliphatic rings. The number of hydrogen-bond donors (Lipinski definition) is 2. The fraction of sp³-hybridized carbons (Fsp3) is 0.143. The predicted molar refractivity (Wildman–Crippen MR) is 110 cm³/mol. The van der Waals surface area contributed by atoms with Crippen molar-refractivity contribution < 1.29 is 29.5 Å². The van der Waals surface area contributed by atoms with Gasteiger partial charge in [0, 0.05) is 16.7 Å². The van der Waals surface area contributed by atoms with Gasteiger partial charge in [-0.25, -0.2) is 0 Å². The van der Waals surface area contributed by atoms with Crippen molar-refractivity contribution in [2.45, 2.75) is 20.8 Å². The van der Waals surface area contributed by atoms with Crippen LogP contribution in [0.3, 0.4) is 0 Å². The van der Waals surface area contributed by atoms with E-state index in [0.29, 0.717) is 17.1 Å². The first-order valence-electron chi connectivity index (χ1n) is 8.99. The molecule has 0 saturated carbocycles. The molecule has 0 aliphatic heterocycles. The third-order valence-electron chi connectivity index (χ3n) is 4.59. The summed E-state index contributed by atoms with van der Waals surface area (Å²) in [5.74, 6) is 0.103. The second-order valence-corrected chi connectivity index (χ2v) is 6.81. The standard InChI is InChI=1S/C21H18N2O8/c1-11-7-14(9-16(20(11)24)22(26)27)30-18-5-4-6-19(13(18)3)31-15-8-12(2)21(25)17(10-15)23(28)29/h4-10,24-25H,1-3H3. The second-order valence-electron chi connectivity index (χ2n) is 6.81. The third-order valence-corrected chi connectivity index (χ3v) is 4.59. The van der Waals surface area contributed by atoms with Crippen molar-refractivity contribution in [3.8, 4) is 34.5 Å². The van der Waals surface area contributed by atoms with E-state index in [1.165, 1.54) is 26.0 Å². The number of benzene rings is 3. The Balaban J connectivity index is 1.95. The van der Waals surface area contributed by atoms with E-state index in [0.717, 1.165) is 12.1 Å². The summed E-state index contributed by atoms with van der Waals surface area (Å²) in [4.78, 5) is 20.9. The highest BCUT2D eigenvalue weighted by molar-refractivity contribution is 5.58. The molecule has 0 aromatic heterocycles. The molecule has 0 bridgehead atoms. The Morgan fingerprint density at radius 2 is 1.13 bits per heavy atom. The molecular weight excluding hydrogens is 408 g/mol. The molecule has 10 nitrogen and oxygen atoms in total. The third kappa shape index (κ3) is 4.32. The summed E-state index contributed by atoms with van der Waals surface area (Å²) < 4.78 is 11.6. The van der Waals surface area contributed by atoms with Crippen LogP contribution in [0.5, 0.6) is 34.5 Å². The van der Waals surface area contributed by atoms with Crippen molar-refractivity contribution in [2.75, 3.05) is 0 Å². The van der Waals surface area contributed by atoms with Crippen molar-refractivity contribution in [1.29, 1.82) is 0 Å². The monoisotopic (exact) mass is 426 g/mol. The Bertz CT molecular complexity index is 1120. The van der Waals surface area contributed by atoms with Crippen LogP contribution >= 0.6 is 0 Å². The Labute approximate surface area is 176 Å². The number of phenolic OH excluding ortho intramolecular Hbond substituents is 2. The Morgan fingerprint density at radius 1 is 0.742 bits per heavy atom. The van der Waals surface area contributed by atoms with E-state index < -0.39 is 32.7 Å². The molecule has 0 radical (unpaired) electrons. The number of nitrogens with zero attached hydrogens (tertiary/aromatic N) is 2. The summed E-state index contributed by atoms with van der Waals surface area (Å²) in [5, 5.41) is 42.0. The van der Waals surface area contributed by atoms with E-state index >= 15 is 0 Å². The van der Waals surface area contributed by atoms with E-state index in [9.17, 15) is 30.4 Å². The SMILES string of the molecule is Cc1cc(Oc2cccc(Oc3cc(C)c(O)c([N+](=O)[O-])c3)c2C)cc([N+](=O)[O-])c1O. The minimum absolute atomic E-state index is 0.151. The average molecular weight is 426 g/mol. The average Bonchev–Trinajstić information content (AvgIpc) is 2.69. The second kappa shape index (κ2) is 8.19. The summed E-state index contributed by atoms with van der Waals surface area (Å²) in [5.41, 5.74) is 0.130. The molecule has 2 N–H and O–H groups in total. The van der Waals surface area contributed by atoms with Crippen molar-refractivity contribution >= 4 is 11.4 Å². The van der Waals surface area contributed by atoms with Crippen molar-refractivity contribution in [3.05, 3.63) is 79.4 Å². The number of nitro groups is 2. The molecule has 0 aliphatic carbocycles. The zero-order chi connectivity index (χ0) is 22.9. The zero-order valence-electron chi connectivity index (χ0n) is 16.8. The van der Waals surface area contributed by atoms with Crippen LogP contribution in [-0.4, -0.2) is 20.1 Å². The van der Waals surface area contributed by atoms with Gasteiger partial charge in [-0.05, 0) is 45.0 Å². The lowest BCUT2D eigenvalue weighted by Gasteiger charge is -2.14. The maximum absolute atomic E-state index is 11.1. The number of ether oxygens (including phenoxy) is 2. The summed E-state index contributed by atoms with van der Waals surface area (Å²) in [6, 6.07) is 10.0. The molecule has 31 heavy (non-hydrogen) atoms. The first-order chi connectivity index (χ1) is 14.6. The molecule has 3 rings (SSSR count). The fourth-order valence-corrected chi connectivity index (χ4v) is 2.92. The topological polar surface area (TPSA) is 145 Å². The van der Waals surface area contributed by atoms with Crippen LogP contribution in [0.1, 0.15) is 16.7 Å². The van der Waals surface area contributed by atoms with Crippen molar-refractivity contribution in [3.63, 3.8) is 0 Å². The van der Waals surface area contributed by atoms with E-state index in [2.05, 4.69) is 0 Å². The van der Waals surface area contributed by atoms with Crippen LogP contribution in [0.15, 0.2) is 42.5 Å². The minimum Gasteiger partial charge on any atom is -0.502 e. The van der Waals surface area contributed by atoms with E-state index in [1.807, 2.05) is 0 Å². The molecule has 0 fully saturated rings. The van der Waals surface area contributed by atoms with Gasteiger partial charge in [0.2, 0.25) is 0 Å². The van der Waals surface area contributed by atoms with E-state index in [4.69, 9.17) is 9.47 Å². The van der Waals surface area contributed by atoms with E-state index in [-0.39, 0.29) is 22.6 Å². The van der Waals surface area contributed by atoms with Crippen molar-refractivity contribution in [1.82, 2.24) is 0 Å². The van der Waals surface area contributed by atoms with Gasteiger partial charge in [-0.15, -0.1) is 0 Å². The molecule has 0 unspecified atom stereocenters. The lowest BCUT2D eigenvalue weighted by atomic mass is 10.1. The van der Waals surface area contributed by atoms with Gasteiger partial charge >= 0.3 is 11.4 Å². The molecule has 0 heterocycles. The molecule has 0 atom stereocenters. The highest BCUT2D eigenvalue weighted by Gasteiger charge is 2.20. The molecular formula is C21H18N2O8. The lowest BCUT2D eigenvalue weighted by Crippen LogP contribution is -1.96. The van der Waals surface area contributed by atoms with Crippen LogP contribution in [0, 0.1) is 41.0 Å².